The highest BCUT2D eigenvalue weighted by Crippen LogP contribution is 2.20. The highest BCUT2D eigenvalue weighted by atomic mass is 16.5. The number of aryl methyl sites for hydroxylation is 1. The zero-order valence-electron chi connectivity index (χ0n) is 11.7. The Bertz CT molecular complexity index is 680. The van der Waals surface area contributed by atoms with Gasteiger partial charge in [0, 0.05) is 12.3 Å². The average molecular weight is 284 g/mol. The smallest absolute Gasteiger partial charge is 0.255 e. The summed E-state index contributed by atoms with van der Waals surface area (Å²) in [7, 11) is 0. The van der Waals surface area contributed by atoms with E-state index in [1.54, 1.807) is 4.90 Å². The Morgan fingerprint density at radius 1 is 1.19 bits per heavy atom. The maximum absolute atomic E-state index is 12.1. The molecule has 0 unspecified atom stereocenters. The van der Waals surface area contributed by atoms with E-state index in [9.17, 15) is 9.59 Å². The van der Waals surface area contributed by atoms with E-state index < -0.39 is 0 Å². The van der Waals surface area contributed by atoms with Crippen LogP contribution in [0.4, 0.5) is 0 Å². The fraction of sp³-hybridized carbons (Fsp3) is 0.250. The van der Waals surface area contributed by atoms with Gasteiger partial charge in [-0.05, 0) is 25.1 Å². The lowest BCUT2D eigenvalue weighted by molar-refractivity contribution is 0.0177. The zero-order chi connectivity index (χ0) is 14.8. The monoisotopic (exact) mass is 284 g/mol. The quantitative estimate of drug-likeness (QED) is 0.931. The van der Waals surface area contributed by atoms with Crippen molar-refractivity contribution in [2.75, 3.05) is 13.1 Å². The van der Waals surface area contributed by atoms with Gasteiger partial charge in [0.15, 0.2) is 0 Å². The second-order valence-corrected chi connectivity index (χ2v) is 5.20. The molecule has 1 amide bonds. The van der Waals surface area contributed by atoms with Crippen molar-refractivity contribution in [2.45, 2.75) is 13.0 Å². The number of hydrogen-bond donors (Lipinski definition) is 1. The maximum Gasteiger partial charge on any atom is 0.255 e. The standard InChI is InChI=1S/C16H16N2O3/c1-11-2-5-13(6-3-11)21-14-9-18(10-14)16(20)12-4-7-15(19)17-8-12/h2-8,14H,9-10H2,1H3,(H,17,19). The van der Waals surface area contributed by atoms with Gasteiger partial charge in [-0.3, -0.25) is 9.59 Å². The van der Waals surface area contributed by atoms with Crippen molar-refractivity contribution < 1.29 is 9.53 Å². The molecular weight excluding hydrogens is 268 g/mol. The minimum atomic E-state index is -0.212. The van der Waals surface area contributed by atoms with Gasteiger partial charge in [0.05, 0.1) is 18.7 Å². The molecule has 3 rings (SSSR count). The Labute approximate surface area is 122 Å². The number of likely N-dealkylation sites (tertiary alicyclic amines) is 1. The molecule has 5 nitrogen and oxygen atoms in total. The van der Waals surface area contributed by atoms with E-state index >= 15 is 0 Å². The number of benzene rings is 1. The predicted octanol–water partition coefficient (Wildman–Crippen LogP) is 1.59. The first kappa shape index (κ1) is 13.4. The van der Waals surface area contributed by atoms with Gasteiger partial charge >= 0.3 is 0 Å². The van der Waals surface area contributed by atoms with Crippen LogP contribution in [0.3, 0.4) is 0 Å². The Kier molecular flexibility index (Phi) is 3.48. The first-order valence-electron chi connectivity index (χ1n) is 6.83. The Morgan fingerprint density at radius 3 is 2.52 bits per heavy atom. The fourth-order valence-electron chi connectivity index (χ4n) is 2.21. The number of amides is 1. The van der Waals surface area contributed by atoms with Gasteiger partial charge in [0.2, 0.25) is 5.56 Å². The van der Waals surface area contributed by atoms with Crippen LogP contribution in [-0.4, -0.2) is 35.0 Å². The van der Waals surface area contributed by atoms with Gasteiger partial charge < -0.3 is 14.6 Å². The maximum atomic E-state index is 12.1. The van der Waals surface area contributed by atoms with Gasteiger partial charge in [-0.2, -0.15) is 0 Å². The number of pyridine rings is 1. The molecule has 1 N–H and O–H groups in total. The molecule has 1 aliphatic heterocycles. The summed E-state index contributed by atoms with van der Waals surface area (Å²) in [5, 5.41) is 0. The Hall–Kier alpha value is -2.56. The zero-order valence-corrected chi connectivity index (χ0v) is 11.7. The van der Waals surface area contributed by atoms with Crippen molar-refractivity contribution in [3.63, 3.8) is 0 Å². The molecule has 0 radical (unpaired) electrons. The molecule has 0 spiro atoms. The van der Waals surface area contributed by atoms with Crippen molar-refractivity contribution in [1.82, 2.24) is 9.88 Å². The van der Waals surface area contributed by atoms with Crippen LogP contribution in [0.15, 0.2) is 47.4 Å². The van der Waals surface area contributed by atoms with E-state index in [1.807, 2.05) is 31.2 Å². The minimum absolute atomic E-state index is 0.0272. The topological polar surface area (TPSA) is 62.4 Å². The van der Waals surface area contributed by atoms with E-state index in [0.717, 1.165) is 5.75 Å². The van der Waals surface area contributed by atoms with Gasteiger partial charge in [-0.25, -0.2) is 0 Å². The van der Waals surface area contributed by atoms with Crippen LogP contribution < -0.4 is 10.3 Å². The lowest BCUT2D eigenvalue weighted by Gasteiger charge is -2.39. The highest BCUT2D eigenvalue weighted by Gasteiger charge is 2.32. The highest BCUT2D eigenvalue weighted by molar-refractivity contribution is 5.94. The molecule has 1 saturated heterocycles. The number of carbonyl (C=O) groups is 1. The fourth-order valence-corrected chi connectivity index (χ4v) is 2.21. The molecule has 1 fully saturated rings. The summed E-state index contributed by atoms with van der Waals surface area (Å²) in [6.45, 7) is 3.15. The van der Waals surface area contributed by atoms with Crippen molar-refractivity contribution >= 4 is 5.91 Å². The third-order valence-electron chi connectivity index (χ3n) is 3.49. The molecule has 0 atom stereocenters. The van der Waals surface area contributed by atoms with Crippen LogP contribution in [0.5, 0.6) is 5.75 Å². The van der Waals surface area contributed by atoms with Gasteiger partial charge in [-0.1, -0.05) is 17.7 Å². The normalized spacial score (nSPS) is 14.6. The van der Waals surface area contributed by atoms with Crippen LogP contribution in [0.25, 0.3) is 0 Å². The Balaban J connectivity index is 1.55. The number of H-pyrrole nitrogens is 1. The molecule has 1 aromatic heterocycles. The summed E-state index contributed by atoms with van der Waals surface area (Å²) in [5.41, 5.74) is 1.46. The van der Waals surface area contributed by atoms with E-state index in [1.165, 1.54) is 23.9 Å². The van der Waals surface area contributed by atoms with E-state index in [4.69, 9.17) is 4.74 Å². The number of ether oxygens (including phenoxy) is 1. The number of nitrogens with zero attached hydrogens (tertiary/aromatic N) is 1. The van der Waals surface area contributed by atoms with Gasteiger partial charge in [-0.15, -0.1) is 0 Å². The number of nitrogens with one attached hydrogen (secondary N) is 1. The second kappa shape index (κ2) is 5.44. The first-order chi connectivity index (χ1) is 10.1. The average Bonchev–Trinajstić information content (AvgIpc) is 2.44. The number of hydrogen-bond acceptors (Lipinski definition) is 3. The van der Waals surface area contributed by atoms with Crippen LogP contribution in [0.1, 0.15) is 15.9 Å². The molecule has 0 bridgehead atoms. The summed E-state index contributed by atoms with van der Waals surface area (Å²) in [6, 6.07) is 10.8. The molecule has 5 heteroatoms. The van der Waals surface area contributed by atoms with E-state index in [2.05, 4.69) is 4.98 Å². The van der Waals surface area contributed by atoms with Gasteiger partial charge in [0.1, 0.15) is 11.9 Å². The van der Waals surface area contributed by atoms with Crippen LogP contribution in [-0.2, 0) is 0 Å². The molecule has 0 aliphatic carbocycles. The SMILES string of the molecule is Cc1ccc(OC2CN(C(=O)c3ccc(=O)[nH]c3)C2)cc1. The summed E-state index contributed by atoms with van der Waals surface area (Å²) in [4.78, 5) is 27.3. The number of aromatic amines is 1. The van der Waals surface area contributed by atoms with E-state index in [0.29, 0.717) is 18.7 Å². The molecular formula is C16H16N2O3. The Morgan fingerprint density at radius 2 is 1.90 bits per heavy atom. The van der Waals surface area contributed by atoms with Crippen molar-refractivity contribution in [3.8, 4) is 5.75 Å². The van der Waals surface area contributed by atoms with Crippen LogP contribution >= 0.6 is 0 Å². The summed E-state index contributed by atoms with van der Waals surface area (Å²) < 4.78 is 5.79. The van der Waals surface area contributed by atoms with E-state index in [-0.39, 0.29) is 17.6 Å². The largest absolute Gasteiger partial charge is 0.487 e. The molecule has 21 heavy (non-hydrogen) atoms. The predicted molar refractivity (Wildman–Crippen MR) is 78.6 cm³/mol. The number of carbonyl (C=O) groups excluding carboxylic acids is 1. The molecule has 1 aromatic carbocycles. The molecule has 0 saturated carbocycles. The van der Waals surface area contributed by atoms with Crippen molar-refractivity contribution in [1.29, 1.82) is 0 Å². The van der Waals surface area contributed by atoms with Crippen molar-refractivity contribution in [3.05, 3.63) is 64.1 Å². The van der Waals surface area contributed by atoms with Gasteiger partial charge in [0.25, 0.3) is 5.91 Å². The lowest BCUT2D eigenvalue weighted by atomic mass is 10.1. The molecule has 2 aromatic rings. The molecule has 2 heterocycles. The third-order valence-corrected chi connectivity index (χ3v) is 3.49. The summed E-state index contributed by atoms with van der Waals surface area (Å²) >= 11 is 0. The van der Waals surface area contributed by atoms with Crippen LogP contribution in [0.2, 0.25) is 0 Å². The van der Waals surface area contributed by atoms with Crippen molar-refractivity contribution in [2.24, 2.45) is 0 Å². The summed E-state index contributed by atoms with van der Waals surface area (Å²) in [6.07, 6.45) is 1.47. The second-order valence-electron chi connectivity index (χ2n) is 5.20. The molecule has 108 valence electrons. The number of rotatable bonds is 3. The third kappa shape index (κ3) is 2.97. The lowest BCUT2D eigenvalue weighted by Crippen LogP contribution is -2.56. The minimum Gasteiger partial charge on any atom is -0.487 e. The molecule has 1 aliphatic rings. The first-order valence-corrected chi connectivity index (χ1v) is 6.83. The number of aromatic nitrogens is 1. The summed E-state index contributed by atoms with van der Waals surface area (Å²) in [5.74, 6) is 0.733. The van der Waals surface area contributed by atoms with Crippen LogP contribution in [0, 0.1) is 6.92 Å².